The molecule has 0 aliphatic carbocycles. The first-order valence-corrected chi connectivity index (χ1v) is 9.21. The Hall–Kier alpha value is -2.61. The third kappa shape index (κ3) is 3.80. The van der Waals surface area contributed by atoms with Crippen LogP contribution in [0.25, 0.3) is 10.9 Å². The van der Waals surface area contributed by atoms with Crippen molar-refractivity contribution in [2.75, 3.05) is 24.5 Å². The van der Waals surface area contributed by atoms with Crippen LogP contribution in [0.5, 0.6) is 0 Å². The number of nitriles is 1. The van der Waals surface area contributed by atoms with Gasteiger partial charge in [-0.15, -0.1) is 0 Å². The topological polar surface area (TPSA) is 69.0 Å². The molecule has 1 fully saturated rings. The third-order valence-corrected chi connectivity index (χ3v) is 4.94. The minimum atomic E-state index is -0.371. The highest BCUT2D eigenvalue weighted by atomic mass is 16.2. The van der Waals surface area contributed by atoms with Crippen LogP contribution in [0.1, 0.15) is 39.2 Å². The van der Waals surface area contributed by atoms with Gasteiger partial charge in [0.2, 0.25) is 5.91 Å². The van der Waals surface area contributed by atoms with Crippen molar-refractivity contribution in [3.8, 4) is 6.07 Å². The summed E-state index contributed by atoms with van der Waals surface area (Å²) in [6.45, 7) is 8.23. The molecule has 1 saturated heterocycles. The van der Waals surface area contributed by atoms with E-state index in [4.69, 9.17) is 0 Å². The Labute approximate surface area is 155 Å². The highest BCUT2D eigenvalue weighted by Gasteiger charge is 2.26. The summed E-state index contributed by atoms with van der Waals surface area (Å²) in [4.78, 5) is 18.9. The normalized spacial score (nSPS) is 17.8. The van der Waals surface area contributed by atoms with Crippen LogP contribution in [0.3, 0.4) is 0 Å². The number of hydrogen-bond acceptors (Lipinski definition) is 4. The first-order chi connectivity index (χ1) is 12.4. The number of fused-ring (bicyclic) bond motifs is 1. The van der Waals surface area contributed by atoms with E-state index in [1.165, 1.54) is 0 Å². The molecule has 2 aromatic rings. The van der Waals surface area contributed by atoms with Gasteiger partial charge in [-0.25, -0.2) is 0 Å². The molecular weight excluding hydrogens is 324 g/mol. The van der Waals surface area contributed by atoms with Crippen LogP contribution in [0.15, 0.2) is 30.5 Å². The summed E-state index contributed by atoms with van der Waals surface area (Å²) in [5, 5.41) is 13.7. The number of rotatable bonds is 3. The summed E-state index contributed by atoms with van der Waals surface area (Å²) >= 11 is 0. The quantitative estimate of drug-likeness (QED) is 0.920. The molecular formula is C21H26N4O. The van der Waals surface area contributed by atoms with E-state index < -0.39 is 0 Å². The van der Waals surface area contributed by atoms with Crippen LogP contribution in [-0.4, -0.2) is 30.5 Å². The smallest absolute Gasteiger partial charge is 0.225 e. The number of carbonyl (C=O) groups is 1. The Morgan fingerprint density at radius 1 is 1.38 bits per heavy atom. The SMILES string of the molecule is CC(C)(C)C(=O)NCC1CCCN(c2c(C#N)cnc3ccccc23)C1. The minimum Gasteiger partial charge on any atom is -0.370 e. The molecule has 0 bridgehead atoms. The van der Waals surface area contributed by atoms with E-state index in [0.717, 1.165) is 42.5 Å². The summed E-state index contributed by atoms with van der Waals surface area (Å²) in [6.07, 6.45) is 3.81. The fourth-order valence-electron chi connectivity index (χ4n) is 3.49. The lowest BCUT2D eigenvalue weighted by atomic mass is 9.93. The van der Waals surface area contributed by atoms with Crippen molar-refractivity contribution >= 4 is 22.5 Å². The molecule has 1 amide bonds. The average Bonchev–Trinajstić information content (AvgIpc) is 2.64. The van der Waals surface area contributed by atoms with E-state index in [1.54, 1.807) is 6.20 Å². The van der Waals surface area contributed by atoms with Gasteiger partial charge in [0.05, 0.1) is 16.8 Å². The second-order valence-electron chi connectivity index (χ2n) is 8.06. The number of carbonyl (C=O) groups excluding carboxylic acids is 1. The molecule has 3 rings (SSSR count). The molecule has 136 valence electrons. The van der Waals surface area contributed by atoms with E-state index in [9.17, 15) is 10.1 Å². The third-order valence-electron chi connectivity index (χ3n) is 4.94. The van der Waals surface area contributed by atoms with Gasteiger partial charge >= 0.3 is 0 Å². The van der Waals surface area contributed by atoms with Crippen molar-refractivity contribution in [2.45, 2.75) is 33.6 Å². The maximum atomic E-state index is 12.2. The Morgan fingerprint density at radius 2 is 2.15 bits per heavy atom. The van der Waals surface area contributed by atoms with Gasteiger partial charge in [0.1, 0.15) is 6.07 Å². The largest absolute Gasteiger partial charge is 0.370 e. The van der Waals surface area contributed by atoms with Gasteiger partial charge in [-0.3, -0.25) is 9.78 Å². The van der Waals surface area contributed by atoms with Gasteiger partial charge in [-0.05, 0) is 24.8 Å². The first kappa shape index (κ1) is 18.2. The van der Waals surface area contributed by atoms with Crippen LogP contribution in [0.2, 0.25) is 0 Å². The fraction of sp³-hybridized carbons (Fsp3) is 0.476. The summed E-state index contributed by atoms with van der Waals surface area (Å²) in [7, 11) is 0. The summed E-state index contributed by atoms with van der Waals surface area (Å²) in [5.41, 5.74) is 2.13. The highest BCUT2D eigenvalue weighted by molar-refractivity contribution is 5.94. The number of amides is 1. The van der Waals surface area contributed by atoms with Crippen LogP contribution >= 0.6 is 0 Å². The molecule has 1 aliphatic heterocycles. The van der Waals surface area contributed by atoms with Gasteiger partial charge in [0, 0.05) is 36.6 Å². The number of benzene rings is 1. The molecule has 5 nitrogen and oxygen atoms in total. The molecule has 26 heavy (non-hydrogen) atoms. The van der Waals surface area contributed by atoms with E-state index in [1.807, 2.05) is 45.0 Å². The summed E-state index contributed by atoms with van der Waals surface area (Å²) in [6, 6.07) is 10.3. The molecule has 0 saturated carbocycles. The molecule has 1 unspecified atom stereocenters. The molecule has 5 heteroatoms. The minimum absolute atomic E-state index is 0.0849. The number of hydrogen-bond donors (Lipinski definition) is 1. The zero-order valence-electron chi connectivity index (χ0n) is 15.7. The fourth-order valence-corrected chi connectivity index (χ4v) is 3.49. The number of para-hydroxylation sites is 1. The lowest BCUT2D eigenvalue weighted by Crippen LogP contribution is -2.43. The van der Waals surface area contributed by atoms with Crippen molar-refractivity contribution < 1.29 is 4.79 Å². The van der Waals surface area contributed by atoms with E-state index in [2.05, 4.69) is 21.3 Å². The van der Waals surface area contributed by atoms with Crippen molar-refractivity contribution in [3.63, 3.8) is 0 Å². The summed E-state index contributed by atoms with van der Waals surface area (Å²) < 4.78 is 0. The van der Waals surface area contributed by atoms with Crippen LogP contribution in [0.4, 0.5) is 5.69 Å². The van der Waals surface area contributed by atoms with Gasteiger partial charge in [-0.2, -0.15) is 5.26 Å². The predicted octanol–water partition coefficient (Wildman–Crippen LogP) is 3.49. The molecule has 1 N–H and O–H groups in total. The first-order valence-electron chi connectivity index (χ1n) is 9.21. The van der Waals surface area contributed by atoms with Gasteiger partial charge < -0.3 is 10.2 Å². The lowest BCUT2D eigenvalue weighted by molar-refractivity contribution is -0.128. The Balaban J connectivity index is 1.81. The second kappa shape index (κ2) is 7.33. The van der Waals surface area contributed by atoms with Crippen molar-refractivity contribution in [1.82, 2.24) is 10.3 Å². The van der Waals surface area contributed by atoms with Gasteiger partial charge in [0.25, 0.3) is 0 Å². The van der Waals surface area contributed by atoms with Gasteiger partial charge in [-0.1, -0.05) is 39.0 Å². The molecule has 0 spiro atoms. The zero-order valence-corrected chi connectivity index (χ0v) is 15.7. The van der Waals surface area contributed by atoms with E-state index >= 15 is 0 Å². The molecule has 0 radical (unpaired) electrons. The van der Waals surface area contributed by atoms with Crippen LogP contribution in [0, 0.1) is 22.7 Å². The maximum absolute atomic E-state index is 12.2. The van der Waals surface area contributed by atoms with Crippen molar-refractivity contribution in [3.05, 3.63) is 36.0 Å². The lowest BCUT2D eigenvalue weighted by Gasteiger charge is -2.36. The van der Waals surface area contributed by atoms with Crippen LogP contribution in [-0.2, 0) is 4.79 Å². The molecule has 1 aliphatic rings. The second-order valence-corrected chi connectivity index (χ2v) is 8.06. The number of aromatic nitrogens is 1. The monoisotopic (exact) mass is 350 g/mol. The highest BCUT2D eigenvalue weighted by Crippen LogP contribution is 2.32. The van der Waals surface area contributed by atoms with Crippen molar-refractivity contribution in [2.24, 2.45) is 11.3 Å². The van der Waals surface area contributed by atoms with Crippen molar-refractivity contribution in [1.29, 1.82) is 5.26 Å². The Kier molecular flexibility index (Phi) is 5.13. The van der Waals surface area contributed by atoms with Crippen LogP contribution < -0.4 is 10.2 Å². The average molecular weight is 350 g/mol. The molecule has 1 aromatic carbocycles. The maximum Gasteiger partial charge on any atom is 0.225 e. The standard InChI is InChI=1S/C21H26N4O/c1-21(2,3)20(26)24-12-15-7-6-10-25(14-15)19-16(11-22)13-23-18-9-5-4-8-17(18)19/h4-5,8-9,13,15H,6-7,10,12,14H2,1-3H3,(H,24,26). The number of nitrogens with one attached hydrogen (secondary N) is 1. The predicted molar refractivity (Wildman–Crippen MR) is 104 cm³/mol. The van der Waals surface area contributed by atoms with E-state index in [0.29, 0.717) is 18.0 Å². The number of pyridine rings is 1. The Bertz CT molecular complexity index is 847. The number of anilines is 1. The Morgan fingerprint density at radius 3 is 2.88 bits per heavy atom. The molecule has 1 atom stereocenters. The number of nitrogens with zero attached hydrogens (tertiary/aromatic N) is 3. The number of piperidine rings is 1. The summed E-state index contributed by atoms with van der Waals surface area (Å²) in [5.74, 6) is 0.468. The molecule has 2 heterocycles. The zero-order chi connectivity index (χ0) is 18.7. The van der Waals surface area contributed by atoms with Gasteiger partial charge in [0.15, 0.2) is 0 Å². The molecule has 1 aromatic heterocycles. The van der Waals surface area contributed by atoms with E-state index in [-0.39, 0.29) is 11.3 Å².